The normalized spacial score (nSPS) is 13.5. The Hall–Kier alpha value is -0.120. The molecule has 1 nitrogen and oxygen atoms in total. The quantitative estimate of drug-likeness (QED) is 0.885. The van der Waals surface area contributed by atoms with Crippen molar-refractivity contribution < 1.29 is 5.11 Å². The molecule has 0 amide bonds. The van der Waals surface area contributed by atoms with Gasteiger partial charge < -0.3 is 5.11 Å². The lowest BCUT2D eigenvalue weighted by Crippen LogP contribution is -1.91. The van der Waals surface area contributed by atoms with Gasteiger partial charge in [-0.05, 0) is 30.7 Å². The summed E-state index contributed by atoms with van der Waals surface area (Å²) in [6.07, 6.45) is 3.23. The van der Waals surface area contributed by atoms with E-state index in [9.17, 15) is 0 Å². The smallest absolute Gasteiger partial charge is 0.0696 e. The van der Waals surface area contributed by atoms with E-state index in [-0.39, 0.29) is 0 Å². The van der Waals surface area contributed by atoms with Crippen LogP contribution in [0.3, 0.4) is 0 Å². The van der Waals surface area contributed by atoms with Crippen LogP contribution in [-0.4, -0.2) is 11.2 Å². The zero-order chi connectivity index (χ0) is 9.84. The van der Waals surface area contributed by atoms with Crippen LogP contribution in [0.1, 0.15) is 12.5 Å². The van der Waals surface area contributed by atoms with Gasteiger partial charge in [-0.25, -0.2) is 0 Å². The Morgan fingerprint density at radius 1 is 1.23 bits per heavy atom. The Balaban J connectivity index is 2.89. The third-order valence-electron chi connectivity index (χ3n) is 1.45. The molecule has 1 unspecified atom stereocenters. The predicted octanol–water partition coefficient (Wildman–Crippen LogP) is 3.61. The first kappa shape index (κ1) is 11.0. The van der Waals surface area contributed by atoms with Crippen molar-refractivity contribution in [2.24, 2.45) is 0 Å². The Labute approximate surface area is 94.7 Å². The van der Waals surface area contributed by atoms with Crippen molar-refractivity contribution in [3.05, 3.63) is 38.8 Å². The second-order valence-corrected chi connectivity index (χ2v) is 4.63. The fourth-order valence-corrected chi connectivity index (χ4v) is 2.25. The fourth-order valence-electron chi connectivity index (χ4n) is 0.922. The Morgan fingerprint density at radius 3 is 2.23 bits per heavy atom. The highest BCUT2D eigenvalue weighted by Gasteiger charge is 1.94. The molecule has 0 aliphatic rings. The topological polar surface area (TPSA) is 20.2 Å². The van der Waals surface area contributed by atoms with E-state index in [1.165, 1.54) is 0 Å². The molecule has 1 atom stereocenters. The summed E-state index contributed by atoms with van der Waals surface area (Å²) in [6, 6.07) is 5.95. The lowest BCUT2D eigenvalue weighted by molar-refractivity contribution is 0.245. The molecule has 0 spiro atoms. The molecule has 70 valence electrons. The standard InChI is InChI=1S/C10H10Br2O/c1-7(13)2-3-8-4-9(11)6-10(12)5-8/h2-7,13H,1H3/b3-2+. The van der Waals surface area contributed by atoms with E-state index >= 15 is 0 Å². The average molecular weight is 306 g/mol. The lowest BCUT2D eigenvalue weighted by atomic mass is 10.2. The van der Waals surface area contributed by atoms with Crippen LogP contribution in [0.2, 0.25) is 0 Å². The molecular formula is C10H10Br2O. The molecule has 0 saturated carbocycles. The summed E-state index contributed by atoms with van der Waals surface area (Å²) in [5.41, 5.74) is 1.06. The van der Waals surface area contributed by atoms with E-state index in [0.717, 1.165) is 14.5 Å². The van der Waals surface area contributed by atoms with E-state index in [2.05, 4.69) is 31.9 Å². The maximum atomic E-state index is 9.04. The van der Waals surface area contributed by atoms with Gasteiger partial charge >= 0.3 is 0 Å². The highest BCUT2D eigenvalue weighted by atomic mass is 79.9. The van der Waals surface area contributed by atoms with Crippen LogP contribution in [0, 0.1) is 0 Å². The fraction of sp³-hybridized carbons (Fsp3) is 0.200. The van der Waals surface area contributed by atoms with Crippen molar-refractivity contribution in [1.82, 2.24) is 0 Å². The third-order valence-corrected chi connectivity index (χ3v) is 2.37. The molecule has 1 rings (SSSR count). The zero-order valence-corrected chi connectivity index (χ0v) is 10.3. The van der Waals surface area contributed by atoms with Gasteiger partial charge in [0.25, 0.3) is 0 Å². The van der Waals surface area contributed by atoms with Crippen LogP contribution in [0.25, 0.3) is 6.08 Å². The van der Waals surface area contributed by atoms with Gasteiger partial charge in [-0.1, -0.05) is 44.0 Å². The third kappa shape index (κ3) is 4.07. The van der Waals surface area contributed by atoms with Crippen molar-refractivity contribution >= 4 is 37.9 Å². The van der Waals surface area contributed by atoms with E-state index in [0.29, 0.717) is 0 Å². The van der Waals surface area contributed by atoms with Gasteiger partial charge in [-0.15, -0.1) is 0 Å². The van der Waals surface area contributed by atoms with Crippen LogP contribution in [-0.2, 0) is 0 Å². The van der Waals surface area contributed by atoms with E-state index in [4.69, 9.17) is 5.11 Å². The van der Waals surface area contributed by atoms with Gasteiger partial charge in [0.2, 0.25) is 0 Å². The van der Waals surface area contributed by atoms with Crippen molar-refractivity contribution in [1.29, 1.82) is 0 Å². The van der Waals surface area contributed by atoms with E-state index in [1.54, 1.807) is 13.0 Å². The average Bonchev–Trinajstić information content (AvgIpc) is 1.99. The number of hydrogen-bond donors (Lipinski definition) is 1. The van der Waals surface area contributed by atoms with Crippen molar-refractivity contribution in [3.63, 3.8) is 0 Å². The zero-order valence-electron chi connectivity index (χ0n) is 7.17. The van der Waals surface area contributed by atoms with Crippen molar-refractivity contribution in [2.45, 2.75) is 13.0 Å². The van der Waals surface area contributed by atoms with Crippen LogP contribution < -0.4 is 0 Å². The van der Waals surface area contributed by atoms with E-state index < -0.39 is 6.10 Å². The predicted molar refractivity (Wildman–Crippen MR) is 62.6 cm³/mol. The number of aliphatic hydroxyl groups is 1. The second kappa shape index (κ2) is 4.94. The lowest BCUT2D eigenvalue weighted by Gasteiger charge is -1.98. The van der Waals surface area contributed by atoms with Crippen LogP contribution in [0.4, 0.5) is 0 Å². The number of aliphatic hydroxyl groups excluding tert-OH is 1. The molecule has 0 saturated heterocycles. The summed E-state index contributed by atoms with van der Waals surface area (Å²) < 4.78 is 2.04. The first-order chi connectivity index (χ1) is 6.08. The SMILES string of the molecule is CC(O)/C=C/c1cc(Br)cc(Br)c1. The van der Waals surface area contributed by atoms with Crippen molar-refractivity contribution in [2.75, 3.05) is 0 Å². The van der Waals surface area contributed by atoms with Gasteiger partial charge in [-0.3, -0.25) is 0 Å². The summed E-state index contributed by atoms with van der Waals surface area (Å²) in [5, 5.41) is 9.04. The summed E-state index contributed by atoms with van der Waals surface area (Å²) in [4.78, 5) is 0. The number of hydrogen-bond acceptors (Lipinski definition) is 1. The highest BCUT2D eigenvalue weighted by molar-refractivity contribution is 9.11. The monoisotopic (exact) mass is 304 g/mol. The summed E-state index contributed by atoms with van der Waals surface area (Å²) in [7, 11) is 0. The van der Waals surface area contributed by atoms with Gasteiger partial charge in [-0.2, -0.15) is 0 Å². The van der Waals surface area contributed by atoms with Crippen molar-refractivity contribution in [3.8, 4) is 0 Å². The maximum Gasteiger partial charge on any atom is 0.0696 e. The largest absolute Gasteiger partial charge is 0.389 e. The molecule has 0 radical (unpaired) electrons. The van der Waals surface area contributed by atoms with Gasteiger partial charge in [0.1, 0.15) is 0 Å². The Bertz CT molecular complexity index is 298. The van der Waals surface area contributed by atoms with Crippen LogP contribution in [0.5, 0.6) is 0 Å². The number of halogens is 2. The second-order valence-electron chi connectivity index (χ2n) is 2.80. The molecule has 1 aromatic carbocycles. The van der Waals surface area contributed by atoms with E-state index in [1.807, 2.05) is 24.3 Å². The molecule has 0 bridgehead atoms. The molecule has 1 aromatic rings. The maximum absolute atomic E-state index is 9.04. The molecule has 0 fully saturated rings. The van der Waals surface area contributed by atoms with Crippen LogP contribution >= 0.6 is 31.9 Å². The van der Waals surface area contributed by atoms with Gasteiger partial charge in [0, 0.05) is 8.95 Å². The first-order valence-electron chi connectivity index (χ1n) is 3.90. The van der Waals surface area contributed by atoms with Gasteiger partial charge in [0.05, 0.1) is 6.10 Å². The Kier molecular flexibility index (Phi) is 4.16. The molecule has 3 heteroatoms. The molecule has 0 heterocycles. The summed E-state index contributed by atoms with van der Waals surface area (Å²) in [5.74, 6) is 0. The highest BCUT2D eigenvalue weighted by Crippen LogP contribution is 2.20. The number of benzene rings is 1. The first-order valence-corrected chi connectivity index (χ1v) is 5.49. The molecule has 13 heavy (non-hydrogen) atoms. The minimum absolute atomic E-state index is 0.405. The minimum Gasteiger partial charge on any atom is -0.389 e. The molecule has 0 aliphatic carbocycles. The van der Waals surface area contributed by atoms with Gasteiger partial charge in [0.15, 0.2) is 0 Å². The summed E-state index contributed by atoms with van der Waals surface area (Å²) in [6.45, 7) is 1.73. The molecular weight excluding hydrogens is 296 g/mol. The summed E-state index contributed by atoms with van der Waals surface area (Å²) >= 11 is 6.79. The molecule has 0 aliphatic heterocycles. The Morgan fingerprint density at radius 2 is 1.77 bits per heavy atom. The molecule has 1 N–H and O–H groups in total. The molecule has 0 aromatic heterocycles. The minimum atomic E-state index is -0.405. The van der Waals surface area contributed by atoms with Crippen LogP contribution in [0.15, 0.2) is 33.2 Å². The number of rotatable bonds is 2.